The van der Waals surface area contributed by atoms with Crippen LogP contribution in [-0.2, 0) is 16.4 Å². The minimum atomic E-state index is -3.66. The van der Waals surface area contributed by atoms with E-state index in [2.05, 4.69) is 57.8 Å². The smallest absolute Gasteiger partial charge is 0.242 e. The molecule has 1 fully saturated rings. The number of sulfonamides is 1. The van der Waals surface area contributed by atoms with E-state index in [0.717, 1.165) is 35.7 Å². The Bertz CT molecular complexity index is 1490. The Morgan fingerprint density at radius 2 is 1.95 bits per heavy atom. The fourth-order valence-electron chi connectivity index (χ4n) is 4.96. The zero-order valence-electron chi connectivity index (χ0n) is 20.5. The number of likely N-dealkylation sites (N-methyl/N-ethyl adjacent to an activating group) is 1. The lowest BCUT2D eigenvalue weighted by molar-refractivity contribution is 0.347. The molecule has 3 aromatic rings. The third kappa shape index (κ3) is 4.77. The number of nitrogens with one attached hydrogen (secondary N) is 2. The first-order valence-electron chi connectivity index (χ1n) is 12.2. The van der Waals surface area contributed by atoms with Gasteiger partial charge in [0.1, 0.15) is 12.0 Å². The Kier molecular flexibility index (Phi) is 6.28. The summed E-state index contributed by atoms with van der Waals surface area (Å²) in [6.45, 7) is 6.34. The van der Waals surface area contributed by atoms with Crippen LogP contribution < -0.4 is 14.9 Å². The number of nitrogens with zero attached hydrogens (tertiary/aromatic N) is 4. The summed E-state index contributed by atoms with van der Waals surface area (Å²) >= 11 is 2.00. The number of benzene rings is 2. The molecule has 8 nitrogen and oxygen atoms in total. The molecule has 0 aliphatic carbocycles. The minimum Gasteiger partial charge on any atom is -0.324 e. The Labute approximate surface area is 221 Å². The van der Waals surface area contributed by atoms with Crippen molar-refractivity contribution >= 4 is 45.3 Å². The van der Waals surface area contributed by atoms with Gasteiger partial charge in [-0.15, -0.1) is 0 Å². The second-order valence-corrected chi connectivity index (χ2v) is 12.5. The van der Waals surface area contributed by atoms with E-state index in [0.29, 0.717) is 34.0 Å². The van der Waals surface area contributed by atoms with Gasteiger partial charge in [-0.05, 0) is 48.5 Å². The molecule has 0 bridgehead atoms. The lowest BCUT2D eigenvalue weighted by atomic mass is 10.1. The van der Waals surface area contributed by atoms with Crippen molar-refractivity contribution < 1.29 is 8.42 Å². The average molecular weight is 533 g/mol. The van der Waals surface area contributed by atoms with Gasteiger partial charge in [0, 0.05) is 53.7 Å². The molecule has 0 spiro atoms. The Hall–Kier alpha value is -3.18. The molecule has 3 aliphatic rings. The van der Waals surface area contributed by atoms with Crippen molar-refractivity contribution in [1.29, 1.82) is 0 Å². The van der Waals surface area contributed by atoms with Gasteiger partial charge in [0.15, 0.2) is 0 Å². The molecule has 190 valence electrons. The van der Waals surface area contributed by atoms with Crippen LogP contribution in [0.25, 0.3) is 6.08 Å². The number of hydrogen-bond donors (Lipinski definition) is 2. The van der Waals surface area contributed by atoms with Crippen molar-refractivity contribution in [1.82, 2.24) is 19.6 Å². The molecule has 2 unspecified atom stereocenters. The van der Waals surface area contributed by atoms with Crippen LogP contribution in [0.5, 0.6) is 0 Å². The number of fused-ring (bicyclic) bond motifs is 2. The van der Waals surface area contributed by atoms with Crippen molar-refractivity contribution in [2.75, 3.05) is 36.1 Å². The predicted octanol–water partition coefficient (Wildman–Crippen LogP) is 4.15. The maximum atomic E-state index is 13.0. The Morgan fingerprint density at radius 1 is 1.14 bits per heavy atom. The van der Waals surface area contributed by atoms with Crippen molar-refractivity contribution in [3.63, 3.8) is 0 Å². The molecule has 4 heterocycles. The van der Waals surface area contributed by atoms with Crippen LogP contribution in [0.3, 0.4) is 0 Å². The molecule has 0 radical (unpaired) electrons. The topological polar surface area (TPSA) is 90.5 Å². The van der Waals surface area contributed by atoms with Crippen LogP contribution in [0.2, 0.25) is 0 Å². The van der Waals surface area contributed by atoms with E-state index in [4.69, 9.17) is 4.98 Å². The van der Waals surface area contributed by atoms with Gasteiger partial charge >= 0.3 is 0 Å². The zero-order chi connectivity index (χ0) is 25.6. The van der Waals surface area contributed by atoms with Crippen LogP contribution in [0, 0.1) is 0 Å². The third-order valence-electron chi connectivity index (χ3n) is 6.88. The molecule has 2 N–H and O–H groups in total. The molecule has 0 saturated carbocycles. The first-order chi connectivity index (χ1) is 17.9. The summed E-state index contributed by atoms with van der Waals surface area (Å²) in [5, 5.41) is 3.78. The second kappa shape index (κ2) is 9.60. The average Bonchev–Trinajstić information content (AvgIpc) is 2.88. The van der Waals surface area contributed by atoms with Gasteiger partial charge in [-0.1, -0.05) is 36.9 Å². The molecule has 3 aliphatic heterocycles. The summed E-state index contributed by atoms with van der Waals surface area (Å²) in [4.78, 5) is 13.8. The summed E-state index contributed by atoms with van der Waals surface area (Å²) in [6, 6.07) is 15.5. The zero-order valence-corrected chi connectivity index (χ0v) is 22.1. The fourth-order valence-corrected chi connectivity index (χ4v) is 7.80. The van der Waals surface area contributed by atoms with Crippen molar-refractivity contribution in [2.24, 2.45) is 0 Å². The van der Waals surface area contributed by atoms with Crippen molar-refractivity contribution in [3.05, 3.63) is 89.8 Å². The summed E-state index contributed by atoms with van der Waals surface area (Å²) < 4.78 is 28.8. The molecule has 2 atom stereocenters. The molecule has 0 amide bonds. The van der Waals surface area contributed by atoms with Crippen molar-refractivity contribution in [2.45, 2.75) is 22.7 Å². The highest BCUT2D eigenvalue weighted by atomic mass is 32.2. The molecular formula is C27H28N6O2S2. The fraction of sp³-hybridized carbons (Fsp3) is 0.259. The van der Waals surface area contributed by atoms with Crippen LogP contribution in [0.1, 0.15) is 21.9 Å². The van der Waals surface area contributed by atoms with Crippen LogP contribution in [-0.4, -0.2) is 55.3 Å². The highest BCUT2D eigenvalue weighted by molar-refractivity contribution is 7.99. The van der Waals surface area contributed by atoms with Gasteiger partial charge in [0.25, 0.3) is 0 Å². The van der Waals surface area contributed by atoms with Crippen LogP contribution in [0.4, 0.5) is 17.5 Å². The SMILES string of the molecule is C=C1C=Cc2cnc(Nc3ccc(C4CN(C)CCS4)cc3)nc2N1C1Cc2ccccc2S(=O)(=O)N1. The number of allylic oxidation sites excluding steroid dienone is 1. The molecule has 37 heavy (non-hydrogen) atoms. The van der Waals surface area contributed by atoms with E-state index in [1.165, 1.54) is 5.56 Å². The van der Waals surface area contributed by atoms with E-state index in [1.54, 1.807) is 18.3 Å². The van der Waals surface area contributed by atoms with Gasteiger partial charge in [-0.3, -0.25) is 0 Å². The van der Waals surface area contributed by atoms with Crippen molar-refractivity contribution in [3.8, 4) is 0 Å². The second-order valence-electron chi connectivity index (χ2n) is 9.48. The number of anilines is 3. The number of rotatable bonds is 4. The Morgan fingerprint density at radius 3 is 2.76 bits per heavy atom. The van der Waals surface area contributed by atoms with E-state index in [-0.39, 0.29) is 0 Å². The summed E-state index contributed by atoms with van der Waals surface area (Å²) in [5.41, 5.74) is 4.42. The summed E-state index contributed by atoms with van der Waals surface area (Å²) in [6.07, 6.45) is 5.44. The normalized spacial score (nSPS) is 22.8. The molecular weight excluding hydrogens is 504 g/mol. The highest BCUT2D eigenvalue weighted by Gasteiger charge is 2.35. The lowest BCUT2D eigenvalue weighted by Crippen LogP contribution is -2.52. The predicted molar refractivity (Wildman–Crippen MR) is 149 cm³/mol. The van der Waals surface area contributed by atoms with Gasteiger partial charge < -0.3 is 15.1 Å². The first kappa shape index (κ1) is 24.2. The molecule has 1 saturated heterocycles. The van der Waals surface area contributed by atoms with E-state index in [9.17, 15) is 8.42 Å². The molecule has 6 rings (SSSR count). The first-order valence-corrected chi connectivity index (χ1v) is 14.7. The standard InChI is InChI=1S/C27H28N6O2S2/c1-18-7-8-21-16-28-27(29-22-11-9-19(10-12-22)23-17-32(2)13-14-36-23)30-26(21)33(18)25-15-20-5-3-4-6-24(20)37(34,35)31-25/h3-12,16,23,25,31H,1,13-15,17H2,2H3,(H,28,29,30). The lowest BCUT2D eigenvalue weighted by Gasteiger charge is -2.38. The monoisotopic (exact) mass is 532 g/mol. The number of hydrogen-bond acceptors (Lipinski definition) is 8. The largest absolute Gasteiger partial charge is 0.324 e. The van der Waals surface area contributed by atoms with Crippen LogP contribution >= 0.6 is 11.8 Å². The molecule has 1 aromatic heterocycles. The highest BCUT2D eigenvalue weighted by Crippen LogP contribution is 2.35. The van der Waals surface area contributed by atoms with Gasteiger partial charge in [0.05, 0.1) is 4.90 Å². The maximum absolute atomic E-state index is 13.0. The molecule has 2 aromatic carbocycles. The number of thioether (sulfide) groups is 1. The summed E-state index contributed by atoms with van der Waals surface area (Å²) in [5.74, 6) is 2.18. The maximum Gasteiger partial charge on any atom is 0.242 e. The van der Waals surface area contributed by atoms with E-state index < -0.39 is 16.2 Å². The third-order valence-corrected chi connectivity index (χ3v) is 9.68. The van der Waals surface area contributed by atoms with E-state index >= 15 is 0 Å². The van der Waals surface area contributed by atoms with Gasteiger partial charge in [-0.2, -0.15) is 21.5 Å². The minimum absolute atomic E-state index is 0.316. The quantitative estimate of drug-likeness (QED) is 0.518. The van der Waals surface area contributed by atoms with E-state index in [1.807, 2.05) is 40.9 Å². The Balaban J connectivity index is 1.26. The number of aromatic nitrogens is 2. The van der Waals surface area contributed by atoms with Gasteiger partial charge in [0.2, 0.25) is 16.0 Å². The molecule has 10 heteroatoms. The summed E-state index contributed by atoms with van der Waals surface area (Å²) in [7, 11) is -1.50. The van der Waals surface area contributed by atoms with Crippen LogP contribution in [0.15, 0.2) is 78.0 Å². The van der Waals surface area contributed by atoms with Gasteiger partial charge in [-0.25, -0.2) is 13.4 Å².